The van der Waals surface area contributed by atoms with Gasteiger partial charge in [0.05, 0.1) is 12.0 Å². The summed E-state index contributed by atoms with van der Waals surface area (Å²) in [6.45, 7) is 4.07. The molecule has 2 rings (SSSR count). The Morgan fingerprint density at radius 2 is 2.08 bits per heavy atom. The van der Waals surface area contributed by atoms with Crippen molar-refractivity contribution in [2.45, 2.75) is 5.75 Å². The van der Waals surface area contributed by atoms with Gasteiger partial charge in [-0.15, -0.1) is 11.8 Å². The van der Waals surface area contributed by atoms with E-state index in [1.807, 2.05) is 48.5 Å². The Hall–Kier alpha value is -2.24. The molecule has 2 aromatic rings. The third kappa shape index (κ3) is 7.45. The van der Waals surface area contributed by atoms with Gasteiger partial charge in [-0.2, -0.15) is 5.10 Å². The van der Waals surface area contributed by atoms with Crippen LogP contribution < -0.4 is 10.2 Å². The Morgan fingerprint density at radius 3 is 2.80 bits per heavy atom. The van der Waals surface area contributed by atoms with Gasteiger partial charge in [0.15, 0.2) is 0 Å². The first kappa shape index (κ1) is 19.1. The van der Waals surface area contributed by atoms with Crippen LogP contribution in [-0.4, -0.2) is 24.5 Å². The van der Waals surface area contributed by atoms with Crippen LogP contribution in [-0.2, 0) is 10.5 Å². The first-order valence-electron chi connectivity index (χ1n) is 7.65. The van der Waals surface area contributed by atoms with Gasteiger partial charge in [0.1, 0.15) is 12.4 Å². The van der Waals surface area contributed by atoms with Crippen molar-refractivity contribution >= 4 is 35.5 Å². The number of benzene rings is 2. The number of hydrogen-bond acceptors (Lipinski definition) is 4. The molecule has 0 radical (unpaired) electrons. The normalized spacial score (nSPS) is 10.6. The number of rotatable bonds is 9. The standard InChI is InChI=1S/C19H19ClN2O2S/c1-2-10-24-18-8-6-15(7-9-18)12-21-22-19(23)14-25-13-16-4-3-5-17(20)11-16/h2-9,11-12H,1,10,13-14H2,(H,22,23)/b21-12-. The molecule has 2 aromatic carbocycles. The third-order valence-electron chi connectivity index (χ3n) is 3.04. The average molecular weight is 375 g/mol. The summed E-state index contributed by atoms with van der Waals surface area (Å²) >= 11 is 7.44. The number of amides is 1. The Kier molecular flexibility index (Phi) is 8.09. The number of ether oxygens (including phenoxy) is 1. The Bertz CT molecular complexity index is 732. The second-order valence-corrected chi connectivity index (χ2v) is 6.51. The Labute approximate surface area is 156 Å². The van der Waals surface area contributed by atoms with Crippen molar-refractivity contribution in [2.75, 3.05) is 12.4 Å². The van der Waals surface area contributed by atoms with E-state index in [0.29, 0.717) is 17.4 Å². The summed E-state index contributed by atoms with van der Waals surface area (Å²) in [5.74, 6) is 1.68. The molecule has 4 nitrogen and oxygen atoms in total. The van der Waals surface area contributed by atoms with Crippen LogP contribution in [0.5, 0.6) is 5.75 Å². The molecule has 0 saturated carbocycles. The molecule has 0 fully saturated rings. The lowest BCUT2D eigenvalue weighted by Gasteiger charge is -2.03. The van der Waals surface area contributed by atoms with Gasteiger partial charge in [-0.05, 0) is 47.5 Å². The second kappa shape index (κ2) is 10.6. The van der Waals surface area contributed by atoms with Gasteiger partial charge >= 0.3 is 0 Å². The van der Waals surface area contributed by atoms with Gasteiger partial charge in [-0.3, -0.25) is 4.79 Å². The van der Waals surface area contributed by atoms with Crippen molar-refractivity contribution in [3.63, 3.8) is 0 Å². The number of carbonyl (C=O) groups is 1. The molecule has 0 aliphatic heterocycles. The second-order valence-electron chi connectivity index (χ2n) is 5.08. The molecule has 25 heavy (non-hydrogen) atoms. The molecule has 0 aromatic heterocycles. The van der Waals surface area contributed by atoms with Gasteiger partial charge < -0.3 is 4.74 Å². The van der Waals surface area contributed by atoms with E-state index in [1.165, 1.54) is 11.8 Å². The summed E-state index contributed by atoms with van der Waals surface area (Å²) < 4.78 is 5.40. The van der Waals surface area contributed by atoms with E-state index in [1.54, 1.807) is 12.3 Å². The predicted molar refractivity (Wildman–Crippen MR) is 105 cm³/mol. The van der Waals surface area contributed by atoms with Crippen LogP contribution in [0.4, 0.5) is 0 Å². The summed E-state index contributed by atoms with van der Waals surface area (Å²) in [5, 5.41) is 4.66. The van der Waals surface area contributed by atoms with Gasteiger partial charge in [0.25, 0.3) is 0 Å². The van der Waals surface area contributed by atoms with E-state index in [0.717, 1.165) is 22.6 Å². The molecule has 1 N–H and O–H groups in total. The van der Waals surface area contributed by atoms with Gasteiger partial charge in [-0.1, -0.05) is 36.4 Å². The van der Waals surface area contributed by atoms with Crippen LogP contribution in [0.25, 0.3) is 0 Å². The lowest BCUT2D eigenvalue weighted by Crippen LogP contribution is -2.19. The minimum absolute atomic E-state index is 0.144. The average Bonchev–Trinajstić information content (AvgIpc) is 2.61. The summed E-state index contributed by atoms with van der Waals surface area (Å²) in [6.07, 6.45) is 3.28. The van der Waals surface area contributed by atoms with Crippen LogP contribution in [0.15, 0.2) is 66.3 Å². The van der Waals surface area contributed by atoms with Gasteiger partial charge in [0.2, 0.25) is 5.91 Å². The highest BCUT2D eigenvalue weighted by atomic mass is 35.5. The van der Waals surface area contributed by atoms with Crippen molar-refractivity contribution in [2.24, 2.45) is 5.10 Å². The molecule has 0 saturated heterocycles. The minimum Gasteiger partial charge on any atom is -0.490 e. The Morgan fingerprint density at radius 1 is 1.28 bits per heavy atom. The van der Waals surface area contributed by atoms with E-state index in [-0.39, 0.29) is 5.91 Å². The number of nitrogens with one attached hydrogen (secondary N) is 1. The van der Waals surface area contributed by atoms with Crippen molar-refractivity contribution < 1.29 is 9.53 Å². The quantitative estimate of drug-likeness (QED) is 0.404. The summed E-state index contributed by atoms with van der Waals surface area (Å²) in [5.41, 5.74) is 4.48. The van der Waals surface area contributed by atoms with Gasteiger partial charge in [0, 0.05) is 10.8 Å². The molecule has 0 spiro atoms. The zero-order valence-corrected chi connectivity index (χ0v) is 15.2. The van der Waals surface area contributed by atoms with Crippen molar-refractivity contribution in [3.8, 4) is 5.75 Å². The van der Waals surface area contributed by atoms with E-state index < -0.39 is 0 Å². The SMILES string of the molecule is C=CCOc1ccc(/C=N\NC(=O)CSCc2cccc(Cl)c2)cc1. The summed E-state index contributed by atoms with van der Waals surface area (Å²) in [6, 6.07) is 15.0. The van der Waals surface area contributed by atoms with Crippen molar-refractivity contribution in [1.82, 2.24) is 5.43 Å². The van der Waals surface area contributed by atoms with Crippen LogP contribution in [0, 0.1) is 0 Å². The maximum absolute atomic E-state index is 11.8. The molecule has 0 aliphatic rings. The largest absolute Gasteiger partial charge is 0.490 e. The van der Waals surface area contributed by atoms with E-state index in [4.69, 9.17) is 16.3 Å². The fraction of sp³-hybridized carbons (Fsp3) is 0.158. The molecule has 0 heterocycles. The zero-order valence-electron chi connectivity index (χ0n) is 13.7. The maximum atomic E-state index is 11.8. The van der Waals surface area contributed by atoms with E-state index in [2.05, 4.69) is 17.1 Å². The lowest BCUT2D eigenvalue weighted by molar-refractivity contribution is -0.118. The molecule has 0 aliphatic carbocycles. The molecule has 130 valence electrons. The van der Waals surface area contributed by atoms with Crippen LogP contribution in [0.2, 0.25) is 5.02 Å². The molecule has 0 unspecified atom stereocenters. The topological polar surface area (TPSA) is 50.7 Å². The highest BCUT2D eigenvalue weighted by Crippen LogP contribution is 2.16. The molecule has 0 atom stereocenters. The van der Waals surface area contributed by atoms with Crippen LogP contribution in [0.1, 0.15) is 11.1 Å². The number of hydrogen-bond donors (Lipinski definition) is 1. The first-order valence-corrected chi connectivity index (χ1v) is 9.18. The maximum Gasteiger partial charge on any atom is 0.250 e. The van der Waals surface area contributed by atoms with E-state index in [9.17, 15) is 4.79 Å². The van der Waals surface area contributed by atoms with Crippen LogP contribution in [0.3, 0.4) is 0 Å². The van der Waals surface area contributed by atoms with Crippen molar-refractivity contribution in [3.05, 3.63) is 77.3 Å². The fourth-order valence-electron chi connectivity index (χ4n) is 1.90. The first-order chi connectivity index (χ1) is 12.2. The smallest absolute Gasteiger partial charge is 0.250 e. The minimum atomic E-state index is -0.144. The fourth-order valence-corrected chi connectivity index (χ4v) is 2.88. The molecule has 6 heteroatoms. The highest BCUT2D eigenvalue weighted by molar-refractivity contribution is 7.99. The predicted octanol–water partition coefficient (Wildman–Crippen LogP) is 4.29. The molecular formula is C19H19ClN2O2S. The highest BCUT2D eigenvalue weighted by Gasteiger charge is 2.01. The molecule has 0 bridgehead atoms. The van der Waals surface area contributed by atoms with E-state index >= 15 is 0 Å². The van der Waals surface area contributed by atoms with Crippen LogP contribution >= 0.6 is 23.4 Å². The third-order valence-corrected chi connectivity index (χ3v) is 4.28. The monoisotopic (exact) mass is 374 g/mol. The van der Waals surface area contributed by atoms with Gasteiger partial charge in [-0.25, -0.2) is 5.43 Å². The molecular weight excluding hydrogens is 356 g/mol. The zero-order chi connectivity index (χ0) is 17.9. The summed E-state index contributed by atoms with van der Waals surface area (Å²) in [7, 11) is 0. The number of hydrazone groups is 1. The number of thioether (sulfide) groups is 1. The van der Waals surface area contributed by atoms with Crippen molar-refractivity contribution in [1.29, 1.82) is 0 Å². The Balaban J connectivity index is 1.70. The number of halogens is 1. The molecule has 1 amide bonds. The number of carbonyl (C=O) groups excluding carboxylic acids is 1. The summed E-state index contributed by atoms with van der Waals surface area (Å²) in [4.78, 5) is 11.8. The number of nitrogens with zero attached hydrogens (tertiary/aromatic N) is 1. The lowest BCUT2D eigenvalue weighted by atomic mass is 10.2.